The highest BCUT2D eigenvalue weighted by Gasteiger charge is 2.29. The summed E-state index contributed by atoms with van der Waals surface area (Å²) in [5, 5.41) is 3.29. The van der Waals surface area contributed by atoms with Crippen molar-refractivity contribution in [1.82, 2.24) is 10.2 Å². The van der Waals surface area contributed by atoms with Gasteiger partial charge in [-0.25, -0.2) is 4.39 Å². The topological polar surface area (TPSA) is 49.4 Å². The van der Waals surface area contributed by atoms with Crippen LogP contribution in [0.4, 0.5) is 4.39 Å². The van der Waals surface area contributed by atoms with Crippen LogP contribution in [0.15, 0.2) is 78.9 Å². The van der Waals surface area contributed by atoms with Crippen molar-refractivity contribution in [3.63, 3.8) is 0 Å². The minimum atomic E-state index is -0.703. The predicted octanol–water partition coefficient (Wildman–Crippen LogP) is 4.80. The van der Waals surface area contributed by atoms with Gasteiger partial charge >= 0.3 is 0 Å². The lowest BCUT2D eigenvalue weighted by molar-refractivity contribution is -0.141. The molecule has 0 spiro atoms. The fourth-order valence-electron chi connectivity index (χ4n) is 3.59. The van der Waals surface area contributed by atoms with Gasteiger partial charge in [0.15, 0.2) is 0 Å². The molecule has 1 atom stereocenters. The number of aryl methyl sites for hydroxylation is 1. The molecule has 0 aliphatic rings. The van der Waals surface area contributed by atoms with Gasteiger partial charge in [0.2, 0.25) is 11.8 Å². The van der Waals surface area contributed by atoms with Gasteiger partial charge in [-0.1, -0.05) is 72.3 Å². The summed E-state index contributed by atoms with van der Waals surface area (Å²) in [7, 11) is 1.56. The van der Waals surface area contributed by atoms with Crippen LogP contribution in [0.1, 0.15) is 23.1 Å². The zero-order valence-corrected chi connectivity index (χ0v) is 18.7. The number of carbonyl (C=O) groups excluding carboxylic acids is 2. The van der Waals surface area contributed by atoms with Gasteiger partial charge in [0.1, 0.15) is 11.9 Å². The summed E-state index contributed by atoms with van der Waals surface area (Å²) in [6, 6.07) is 22.2. The van der Waals surface area contributed by atoms with Crippen LogP contribution in [0.3, 0.4) is 0 Å². The first-order chi connectivity index (χ1) is 15.5. The Morgan fingerprint density at radius 2 is 1.59 bits per heavy atom. The highest BCUT2D eigenvalue weighted by molar-refractivity contribution is 6.31. The number of nitrogens with zero attached hydrogens (tertiary/aromatic N) is 1. The second-order valence-electron chi connectivity index (χ2n) is 7.56. The highest BCUT2D eigenvalue weighted by atomic mass is 35.5. The number of carbonyl (C=O) groups is 2. The summed E-state index contributed by atoms with van der Waals surface area (Å²) >= 11 is 6.25. The lowest BCUT2D eigenvalue weighted by Crippen LogP contribution is -2.49. The Kier molecular flexibility index (Phi) is 8.40. The minimum absolute atomic E-state index is 0.168. The Labute approximate surface area is 193 Å². The van der Waals surface area contributed by atoms with Crippen LogP contribution in [-0.2, 0) is 29.0 Å². The zero-order chi connectivity index (χ0) is 22.9. The molecule has 4 nitrogen and oxygen atoms in total. The number of hydrogen-bond acceptors (Lipinski definition) is 2. The van der Waals surface area contributed by atoms with Gasteiger partial charge < -0.3 is 10.2 Å². The third-order valence-corrected chi connectivity index (χ3v) is 5.72. The summed E-state index contributed by atoms with van der Waals surface area (Å²) in [4.78, 5) is 27.8. The van der Waals surface area contributed by atoms with Crippen molar-refractivity contribution in [2.75, 3.05) is 7.05 Å². The maximum Gasteiger partial charge on any atom is 0.242 e. The number of nitrogens with one attached hydrogen (secondary N) is 1. The number of benzene rings is 3. The van der Waals surface area contributed by atoms with E-state index in [2.05, 4.69) is 5.32 Å². The number of rotatable bonds is 9. The molecule has 6 heteroatoms. The van der Waals surface area contributed by atoms with Crippen LogP contribution >= 0.6 is 11.6 Å². The minimum Gasteiger partial charge on any atom is -0.357 e. The molecule has 0 aliphatic heterocycles. The molecule has 3 aromatic carbocycles. The van der Waals surface area contributed by atoms with Crippen molar-refractivity contribution < 1.29 is 14.0 Å². The monoisotopic (exact) mass is 452 g/mol. The standard InChI is InChI=1S/C26H26ClFN2O2/c1-29-26(32)24(17-19-7-3-2-4-8-19)30(18-20-11-14-22(28)15-12-20)25(31)16-13-21-9-5-6-10-23(21)27/h2-12,14-15,24H,13,16-18H2,1H3,(H,29,32). The predicted molar refractivity (Wildman–Crippen MR) is 125 cm³/mol. The molecule has 1 N–H and O–H groups in total. The van der Waals surface area contributed by atoms with Crippen molar-refractivity contribution in [3.05, 3.63) is 106 Å². The summed E-state index contributed by atoms with van der Waals surface area (Å²) in [6.45, 7) is 0.201. The van der Waals surface area contributed by atoms with Crippen molar-refractivity contribution in [1.29, 1.82) is 0 Å². The van der Waals surface area contributed by atoms with Crippen LogP contribution in [-0.4, -0.2) is 29.8 Å². The van der Waals surface area contributed by atoms with Crippen LogP contribution < -0.4 is 5.32 Å². The first-order valence-corrected chi connectivity index (χ1v) is 10.9. The van der Waals surface area contributed by atoms with Crippen molar-refractivity contribution in [3.8, 4) is 0 Å². The van der Waals surface area contributed by atoms with E-state index in [9.17, 15) is 14.0 Å². The molecular weight excluding hydrogens is 427 g/mol. The summed E-state index contributed by atoms with van der Waals surface area (Å²) < 4.78 is 13.4. The van der Waals surface area contributed by atoms with Gasteiger partial charge in [-0.15, -0.1) is 0 Å². The van der Waals surface area contributed by atoms with Crippen LogP contribution in [0, 0.1) is 5.82 Å². The van der Waals surface area contributed by atoms with Gasteiger partial charge in [-0.3, -0.25) is 9.59 Å². The maximum atomic E-state index is 13.4. The molecule has 166 valence electrons. The second kappa shape index (κ2) is 11.4. The van der Waals surface area contributed by atoms with Crippen LogP contribution in [0.25, 0.3) is 0 Å². The van der Waals surface area contributed by atoms with Gasteiger partial charge in [-0.05, 0) is 41.3 Å². The summed E-state index contributed by atoms with van der Waals surface area (Å²) in [5.41, 5.74) is 2.58. The van der Waals surface area contributed by atoms with E-state index in [1.165, 1.54) is 12.1 Å². The molecule has 0 heterocycles. The Morgan fingerprint density at radius 1 is 0.938 bits per heavy atom. The summed E-state index contributed by atoms with van der Waals surface area (Å²) in [5.74, 6) is -0.765. The lowest BCUT2D eigenvalue weighted by Gasteiger charge is -2.31. The molecule has 0 bridgehead atoms. The van der Waals surface area contributed by atoms with Gasteiger partial charge in [0, 0.05) is 31.5 Å². The molecule has 0 aromatic heterocycles. The molecule has 1 unspecified atom stereocenters. The zero-order valence-electron chi connectivity index (χ0n) is 17.9. The van der Waals surface area contributed by atoms with Crippen LogP contribution in [0.5, 0.6) is 0 Å². The quantitative estimate of drug-likeness (QED) is 0.507. The number of hydrogen-bond donors (Lipinski definition) is 1. The number of amides is 2. The van der Waals surface area contributed by atoms with Crippen LogP contribution in [0.2, 0.25) is 5.02 Å². The van der Waals surface area contributed by atoms with E-state index < -0.39 is 6.04 Å². The van der Waals surface area contributed by atoms with Crippen molar-refractivity contribution in [2.45, 2.75) is 31.8 Å². The molecule has 0 radical (unpaired) electrons. The second-order valence-corrected chi connectivity index (χ2v) is 7.97. The first-order valence-electron chi connectivity index (χ1n) is 10.5. The fourth-order valence-corrected chi connectivity index (χ4v) is 3.82. The number of halogens is 2. The molecule has 0 saturated carbocycles. The average molecular weight is 453 g/mol. The fraction of sp³-hybridized carbons (Fsp3) is 0.231. The smallest absolute Gasteiger partial charge is 0.242 e. The number of likely N-dealkylation sites (N-methyl/N-ethyl adjacent to an activating group) is 1. The maximum absolute atomic E-state index is 13.4. The van der Waals surface area contributed by atoms with Gasteiger partial charge in [-0.2, -0.15) is 0 Å². The molecular formula is C26H26ClFN2O2. The van der Waals surface area contributed by atoms with Gasteiger partial charge in [0.05, 0.1) is 0 Å². The van der Waals surface area contributed by atoms with E-state index in [-0.39, 0.29) is 30.6 Å². The molecule has 32 heavy (non-hydrogen) atoms. The lowest BCUT2D eigenvalue weighted by atomic mass is 10.0. The molecule has 0 saturated heterocycles. The first kappa shape index (κ1) is 23.5. The molecule has 3 aromatic rings. The van der Waals surface area contributed by atoms with Crippen molar-refractivity contribution >= 4 is 23.4 Å². The molecule has 2 amide bonds. The SMILES string of the molecule is CNC(=O)C(Cc1ccccc1)N(Cc1ccc(F)cc1)C(=O)CCc1ccccc1Cl. The van der Waals surface area contributed by atoms with Crippen molar-refractivity contribution in [2.24, 2.45) is 0 Å². The van der Waals surface area contributed by atoms with E-state index in [0.29, 0.717) is 17.9 Å². The molecule has 0 fully saturated rings. The Hall–Kier alpha value is -3.18. The van der Waals surface area contributed by atoms with E-state index in [1.54, 1.807) is 30.1 Å². The average Bonchev–Trinajstić information content (AvgIpc) is 2.82. The Bertz CT molecular complexity index is 1040. The largest absolute Gasteiger partial charge is 0.357 e. The third-order valence-electron chi connectivity index (χ3n) is 5.35. The summed E-state index contributed by atoms with van der Waals surface area (Å²) in [6.07, 6.45) is 1.04. The molecule has 3 rings (SSSR count). The highest BCUT2D eigenvalue weighted by Crippen LogP contribution is 2.20. The normalized spacial score (nSPS) is 11.6. The van der Waals surface area contributed by atoms with E-state index in [4.69, 9.17) is 11.6 Å². The third kappa shape index (κ3) is 6.41. The van der Waals surface area contributed by atoms with E-state index in [1.807, 2.05) is 48.5 Å². The van der Waals surface area contributed by atoms with E-state index >= 15 is 0 Å². The molecule has 0 aliphatic carbocycles. The van der Waals surface area contributed by atoms with E-state index in [0.717, 1.165) is 16.7 Å². The Morgan fingerprint density at radius 3 is 2.25 bits per heavy atom. The Balaban J connectivity index is 1.87. The van der Waals surface area contributed by atoms with Gasteiger partial charge in [0.25, 0.3) is 0 Å².